The highest BCUT2D eigenvalue weighted by atomic mass is 19.1. The number of benzene rings is 1. The largest absolute Gasteiger partial charge is 0.490 e. The Morgan fingerprint density at radius 1 is 1.22 bits per heavy atom. The Morgan fingerprint density at radius 2 is 1.93 bits per heavy atom. The van der Waals surface area contributed by atoms with E-state index in [1.165, 1.54) is 18.2 Å². The van der Waals surface area contributed by atoms with E-state index in [1.54, 1.807) is 17.0 Å². The predicted octanol–water partition coefficient (Wildman–Crippen LogP) is 2.95. The fourth-order valence-electron chi connectivity index (χ4n) is 3.47. The molecule has 3 rings (SSSR count). The van der Waals surface area contributed by atoms with Crippen LogP contribution in [0.3, 0.4) is 0 Å². The zero-order valence-corrected chi connectivity index (χ0v) is 16.2. The summed E-state index contributed by atoms with van der Waals surface area (Å²) in [6.07, 6.45) is 4.98. The lowest BCUT2D eigenvalue weighted by Gasteiger charge is -2.34. The van der Waals surface area contributed by atoms with Crippen LogP contribution >= 0.6 is 0 Å². The molecule has 2 saturated heterocycles. The third-order valence-corrected chi connectivity index (χ3v) is 5.21. The number of carbonyl (C=O) groups is 1. The van der Waals surface area contributed by atoms with E-state index in [1.807, 2.05) is 0 Å². The summed E-state index contributed by atoms with van der Waals surface area (Å²) in [7, 11) is 0. The van der Waals surface area contributed by atoms with Gasteiger partial charge in [0.15, 0.2) is 0 Å². The summed E-state index contributed by atoms with van der Waals surface area (Å²) in [5.41, 5.74) is 0.388. The number of piperidine rings is 1. The molecule has 0 N–H and O–H groups in total. The van der Waals surface area contributed by atoms with E-state index >= 15 is 0 Å². The van der Waals surface area contributed by atoms with Crippen molar-refractivity contribution in [3.63, 3.8) is 0 Å². The molecule has 0 bridgehead atoms. The highest BCUT2D eigenvalue weighted by molar-refractivity contribution is 5.91. The van der Waals surface area contributed by atoms with Gasteiger partial charge < -0.3 is 19.3 Å². The first-order chi connectivity index (χ1) is 13.0. The molecule has 0 unspecified atom stereocenters. The monoisotopic (exact) mass is 376 g/mol. The van der Waals surface area contributed by atoms with Crippen molar-refractivity contribution in [2.24, 2.45) is 0 Å². The number of hydrogen-bond donors (Lipinski definition) is 0. The van der Waals surface area contributed by atoms with Gasteiger partial charge in [0.1, 0.15) is 17.7 Å². The van der Waals surface area contributed by atoms with Gasteiger partial charge in [0.2, 0.25) is 5.91 Å². The summed E-state index contributed by atoms with van der Waals surface area (Å²) in [6.45, 7) is 8.68. The highest BCUT2D eigenvalue weighted by Crippen LogP contribution is 2.23. The number of likely N-dealkylation sites (tertiary alicyclic amines) is 1. The van der Waals surface area contributed by atoms with Gasteiger partial charge in [-0.15, -0.1) is 0 Å². The molecule has 1 amide bonds. The highest BCUT2D eigenvalue weighted by Gasteiger charge is 2.22. The molecule has 27 heavy (non-hydrogen) atoms. The first-order valence-electron chi connectivity index (χ1n) is 9.78. The van der Waals surface area contributed by atoms with Crippen LogP contribution in [0.15, 0.2) is 24.3 Å². The first-order valence-corrected chi connectivity index (χ1v) is 9.78. The van der Waals surface area contributed by atoms with Crippen LogP contribution in [0.2, 0.25) is 0 Å². The number of rotatable bonds is 5. The first kappa shape index (κ1) is 19.8. The summed E-state index contributed by atoms with van der Waals surface area (Å²) >= 11 is 0. The van der Waals surface area contributed by atoms with Crippen LogP contribution in [0.1, 0.15) is 32.3 Å². The van der Waals surface area contributed by atoms with E-state index in [9.17, 15) is 9.18 Å². The molecule has 2 aliphatic rings. The van der Waals surface area contributed by atoms with Gasteiger partial charge in [0.05, 0.1) is 13.2 Å². The van der Waals surface area contributed by atoms with Crippen molar-refractivity contribution < 1.29 is 18.7 Å². The molecule has 0 aromatic heterocycles. The smallest absolute Gasteiger partial charge is 0.246 e. The fraction of sp³-hybridized carbons (Fsp3) is 0.571. The Labute approximate surface area is 160 Å². The molecule has 1 aromatic carbocycles. The zero-order valence-electron chi connectivity index (χ0n) is 16.2. The standard InChI is InChI=1S/C21H29FN2O3/c1-16(2)23-9-7-18(8-10-23)27-19-5-3-17(20(22)15-19)4-6-21(25)24-11-13-26-14-12-24/h3-6,15-16,18H,7-14H2,1-2H3. The molecule has 2 heterocycles. The van der Waals surface area contributed by atoms with E-state index < -0.39 is 0 Å². The van der Waals surface area contributed by atoms with Crippen molar-refractivity contribution in [1.29, 1.82) is 0 Å². The maximum atomic E-state index is 14.4. The van der Waals surface area contributed by atoms with Crippen LogP contribution < -0.4 is 4.74 Å². The Bertz CT molecular complexity index is 663. The number of morpholine rings is 1. The van der Waals surface area contributed by atoms with Crippen LogP contribution in [-0.2, 0) is 9.53 Å². The van der Waals surface area contributed by atoms with Crippen LogP contribution in [0, 0.1) is 5.82 Å². The number of amides is 1. The average Bonchev–Trinajstić information content (AvgIpc) is 2.68. The summed E-state index contributed by atoms with van der Waals surface area (Å²) in [5.74, 6) is 0.0558. The lowest BCUT2D eigenvalue weighted by atomic mass is 10.1. The Balaban J connectivity index is 1.54. The Hall–Kier alpha value is -1.92. The van der Waals surface area contributed by atoms with E-state index in [-0.39, 0.29) is 17.8 Å². The van der Waals surface area contributed by atoms with Gasteiger partial charge in [0.25, 0.3) is 0 Å². The molecular formula is C21H29FN2O3. The number of nitrogens with zero attached hydrogens (tertiary/aromatic N) is 2. The van der Waals surface area contributed by atoms with Crippen LogP contribution in [0.4, 0.5) is 4.39 Å². The molecule has 0 aliphatic carbocycles. The fourth-order valence-corrected chi connectivity index (χ4v) is 3.47. The Kier molecular flexibility index (Phi) is 6.85. The van der Waals surface area contributed by atoms with Crippen molar-refractivity contribution in [3.8, 4) is 5.75 Å². The van der Waals surface area contributed by atoms with E-state index in [0.29, 0.717) is 43.7 Å². The van der Waals surface area contributed by atoms with Gasteiger partial charge in [-0.2, -0.15) is 0 Å². The normalized spacial score (nSPS) is 19.8. The molecule has 0 spiro atoms. The molecule has 5 nitrogen and oxygen atoms in total. The molecule has 1 aromatic rings. The second-order valence-corrected chi connectivity index (χ2v) is 7.40. The topological polar surface area (TPSA) is 42.0 Å². The van der Waals surface area contributed by atoms with E-state index in [2.05, 4.69) is 18.7 Å². The van der Waals surface area contributed by atoms with Gasteiger partial charge in [-0.25, -0.2) is 4.39 Å². The summed E-state index contributed by atoms with van der Waals surface area (Å²) in [5, 5.41) is 0. The van der Waals surface area contributed by atoms with Crippen molar-refractivity contribution in [2.45, 2.75) is 38.8 Å². The molecule has 2 aliphatic heterocycles. The van der Waals surface area contributed by atoms with Gasteiger partial charge in [-0.3, -0.25) is 4.79 Å². The minimum Gasteiger partial charge on any atom is -0.490 e. The van der Waals surface area contributed by atoms with Crippen molar-refractivity contribution in [1.82, 2.24) is 9.80 Å². The number of ether oxygens (including phenoxy) is 2. The van der Waals surface area contributed by atoms with Crippen molar-refractivity contribution in [2.75, 3.05) is 39.4 Å². The summed E-state index contributed by atoms with van der Waals surface area (Å²) in [6, 6.07) is 5.40. The molecule has 0 atom stereocenters. The third-order valence-electron chi connectivity index (χ3n) is 5.21. The summed E-state index contributed by atoms with van der Waals surface area (Å²) < 4.78 is 25.6. The molecular weight excluding hydrogens is 347 g/mol. The molecule has 148 valence electrons. The van der Waals surface area contributed by atoms with E-state index in [4.69, 9.17) is 9.47 Å². The van der Waals surface area contributed by atoms with Crippen molar-refractivity contribution in [3.05, 3.63) is 35.7 Å². The quantitative estimate of drug-likeness (QED) is 0.741. The van der Waals surface area contributed by atoms with E-state index in [0.717, 1.165) is 25.9 Å². The minimum atomic E-state index is -0.377. The molecule has 0 saturated carbocycles. The van der Waals surface area contributed by atoms with Crippen LogP contribution in [0.25, 0.3) is 6.08 Å². The molecule has 2 fully saturated rings. The van der Waals surface area contributed by atoms with Gasteiger partial charge in [0, 0.05) is 49.9 Å². The molecule has 6 heteroatoms. The predicted molar refractivity (Wildman–Crippen MR) is 103 cm³/mol. The minimum absolute atomic E-state index is 0.116. The molecule has 0 radical (unpaired) electrons. The maximum absolute atomic E-state index is 14.4. The lowest BCUT2D eigenvalue weighted by Crippen LogP contribution is -2.41. The second kappa shape index (κ2) is 9.33. The number of hydrogen-bond acceptors (Lipinski definition) is 4. The Morgan fingerprint density at radius 3 is 2.56 bits per heavy atom. The lowest BCUT2D eigenvalue weighted by molar-refractivity contribution is -0.129. The third kappa shape index (κ3) is 5.53. The average molecular weight is 376 g/mol. The van der Waals surface area contributed by atoms with Crippen LogP contribution in [0.5, 0.6) is 5.75 Å². The van der Waals surface area contributed by atoms with Gasteiger partial charge >= 0.3 is 0 Å². The van der Waals surface area contributed by atoms with Gasteiger partial charge in [-0.05, 0) is 44.9 Å². The van der Waals surface area contributed by atoms with Crippen molar-refractivity contribution >= 4 is 12.0 Å². The number of halogens is 1. The van der Waals surface area contributed by atoms with Gasteiger partial charge in [-0.1, -0.05) is 0 Å². The maximum Gasteiger partial charge on any atom is 0.246 e. The SMILES string of the molecule is CC(C)N1CCC(Oc2ccc(C=CC(=O)N3CCOCC3)c(F)c2)CC1. The van der Waals surface area contributed by atoms with Crippen LogP contribution in [-0.4, -0.2) is 67.2 Å². The second-order valence-electron chi connectivity index (χ2n) is 7.40. The number of carbonyl (C=O) groups excluding carboxylic acids is 1. The summed E-state index contributed by atoms with van der Waals surface area (Å²) in [4.78, 5) is 16.3. The zero-order chi connectivity index (χ0) is 19.2.